The second-order valence-corrected chi connectivity index (χ2v) is 6.50. The zero-order valence-electron chi connectivity index (χ0n) is 14.3. The van der Waals surface area contributed by atoms with Gasteiger partial charge in [-0.2, -0.15) is 0 Å². The van der Waals surface area contributed by atoms with Crippen LogP contribution in [0.3, 0.4) is 0 Å². The molecular formula is C17H30N2O4. The van der Waals surface area contributed by atoms with E-state index >= 15 is 0 Å². The van der Waals surface area contributed by atoms with Gasteiger partial charge in [0.05, 0.1) is 13.2 Å². The van der Waals surface area contributed by atoms with E-state index < -0.39 is 0 Å². The molecular weight excluding hydrogens is 296 g/mol. The van der Waals surface area contributed by atoms with E-state index in [2.05, 4.69) is 11.8 Å². The van der Waals surface area contributed by atoms with E-state index in [4.69, 9.17) is 9.47 Å². The van der Waals surface area contributed by atoms with Crippen molar-refractivity contribution in [2.45, 2.75) is 51.5 Å². The van der Waals surface area contributed by atoms with Gasteiger partial charge >= 0.3 is 5.97 Å². The number of amides is 1. The van der Waals surface area contributed by atoms with Crippen LogP contribution < -0.4 is 0 Å². The van der Waals surface area contributed by atoms with Gasteiger partial charge in [-0.15, -0.1) is 0 Å². The van der Waals surface area contributed by atoms with Crippen molar-refractivity contribution in [1.29, 1.82) is 0 Å². The van der Waals surface area contributed by atoms with Crippen molar-refractivity contribution >= 4 is 11.9 Å². The number of carbonyl (C=O) groups excluding carboxylic acids is 2. The first-order valence-electron chi connectivity index (χ1n) is 8.92. The minimum absolute atomic E-state index is 0.0566. The first-order chi connectivity index (χ1) is 11.2. The van der Waals surface area contributed by atoms with Crippen LogP contribution in [0, 0.1) is 0 Å². The highest BCUT2D eigenvalue weighted by molar-refractivity contribution is 5.80. The zero-order chi connectivity index (χ0) is 16.5. The van der Waals surface area contributed by atoms with Crippen LogP contribution in [0.15, 0.2) is 0 Å². The maximum atomic E-state index is 12.1. The van der Waals surface area contributed by atoms with E-state index in [0.29, 0.717) is 6.42 Å². The number of morpholine rings is 1. The minimum atomic E-state index is -0.259. The second-order valence-electron chi connectivity index (χ2n) is 6.50. The van der Waals surface area contributed by atoms with Crippen LogP contribution in [0.5, 0.6) is 0 Å². The van der Waals surface area contributed by atoms with E-state index in [0.717, 1.165) is 65.1 Å². The maximum Gasteiger partial charge on any atom is 0.306 e. The second kappa shape index (κ2) is 9.88. The van der Waals surface area contributed by atoms with Crippen molar-refractivity contribution in [3.63, 3.8) is 0 Å². The fourth-order valence-electron chi connectivity index (χ4n) is 3.20. The molecule has 0 radical (unpaired) electrons. The predicted molar refractivity (Wildman–Crippen MR) is 87.1 cm³/mol. The van der Waals surface area contributed by atoms with Crippen molar-refractivity contribution in [3.05, 3.63) is 0 Å². The van der Waals surface area contributed by atoms with Gasteiger partial charge in [0, 0.05) is 32.1 Å². The SMILES string of the molecule is C[C@@H]1CCCCN1C(=O)COC(=O)CCCCN1CCOCC1. The molecule has 2 heterocycles. The molecule has 6 nitrogen and oxygen atoms in total. The number of ether oxygens (including phenoxy) is 2. The quantitative estimate of drug-likeness (QED) is 0.523. The number of nitrogens with zero attached hydrogens (tertiary/aromatic N) is 2. The highest BCUT2D eigenvalue weighted by atomic mass is 16.5. The third kappa shape index (κ3) is 6.47. The molecule has 2 aliphatic rings. The third-order valence-electron chi connectivity index (χ3n) is 4.69. The Morgan fingerprint density at radius 3 is 2.65 bits per heavy atom. The number of hydrogen-bond donors (Lipinski definition) is 0. The van der Waals surface area contributed by atoms with E-state index in [1.54, 1.807) is 0 Å². The molecule has 0 N–H and O–H groups in total. The molecule has 0 saturated carbocycles. The monoisotopic (exact) mass is 326 g/mol. The Morgan fingerprint density at radius 1 is 1.13 bits per heavy atom. The fraction of sp³-hybridized carbons (Fsp3) is 0.882. The van der Waals surface area contributed by atoms with Crippen LogP contribution in [-0.4, -0.2) is 73.7 Å². The summed E-state index contributed by atoms with van der Waals surface area (Å²) in [6, 6.07) is 0.267. The normalized spacial score (nSPS) is 22.8. The summed E-state index contributed by atoms with van der Waals surface area (Å²) in [5.74, 6) is -0.316. The molecule has 132 valence electrons. The summed E-state index contributed by atoms with van der Waals surface area (Å²) < 4.78 is 10.4. The lowest BCUT2D eigenvalue weighted by atomic mass is 10.0. The topological polar surface area (TPSA) is 59.1 Å². The molecule has 0 bridgehead atoms. The summed E-state index contributed by atoms with van der Waals surface area (Å²) in [4.78, 5) is 28.0. The standard InChI is InChI=1S/C17H30N2O4/c1-15-6-2-5-9-19(15)16(20)14-23-17(21)7-3-4-8-18-10-12-22-13-11-18/h15H,2-14H2,1H3/t15-/m1/s1. The molecule has 1 amide bonds. The molecule has 6 heteroatoms. The maximum absolute atomic E-state index is 12.1. The molecule has 23 heavy (non-hydrogen) atoms. The van der Waals surface area contributed by atoms with Crippen LogP contribution >= 0.6 is 0 Å². The van der Waals surface area contributed by atoms with Crippen molar-refractivity contribution in [2.75, 3.05) is 46.0 Å². The molecule has 0 aliphatic carbocycles. The number of piperidine rings is 1. The van der Waals surface area contributed by atoms with E-state index in [1.165, 1.54) is 6.42 Å². The molecule has 0 spiro atoms. The summed E-state index contributed by atoms with van der Waals surface area (Å²) in [7, 11) is 0. The Kier molecular flexibility index (Phi) is 7.82. The van der Waals surface area contributed by atoms with Gasteiger partial charge in [0.15, 0.2) is 6.61 Å². The Bertz CT molecular complexity index is 383. The lowest BCUT2D eigenvalue weighted by Crippen LogP contribution is -2.44. The van der Waals surface area contributed by atoms with Gasteiger partial charge in [-0.25, -0.2) is 0 Å². The molecule has 0 aromatic heterocycles. The molecule has 0 aromatic carbocycles. The van der Waals surface area contributed by atoms with Crippen molar-refractivity contribution in [1.82, 2.24) is 9.80 Å². The largest absolute Gasteiger partial charge is 0.456 e. The van der Waals surface area contributed by atoms with E-state index in [9.17, 15) is 9.59 Å². The first kappa shape index (κ1) is 18.2. The van der Waals surface area contributed by atoms with E-state index in [1.807, 2.05) is 4.90 Å². The summed E-state index contributed by atoms with van der Waals surface area (Å²) in [6.45, 7) is 7.31. The minimum Gasteiger partial charge on any atom is -0.456 e. The Morgan fingerprint density at radius 2 is 1.91 bits per heavy atom. The molecule has 2 saturated heterocycles. The number of unbranched alkanes of at least 4 members (excludes halogenated alkanes) is 1. The van der Waals surface area contributed by atoms with Crippen molar-refractivity contribution in [3.8, 4) is 0 Å². The lowest BCUT2D eigenvalue weighted by molar-refractivity contribution is -0.153. The zero-order valence-corrected chi connectivity index (χ0v) is 14.3. The molecule has 2 rings (SSSR count). The van der Waals surface area contributed by atoms with Gasteiger partial charge in [-0.3, -0.25) is 14.5 Å². The number of esters is 1. The Balaban J connectivity index is 1.53. The summed E-state index contributed by atoms with van der Waals surface area (Å²) in [6.07, 6.45) is 5.45. The fourth-order valence-corrected chi connectivity index (χ4v) is 3.20. The van der Waals surface area contributed by atoms with Crippen molar-refractivity contribution in [2.24, 2.45) is 0 Å². The molecule has 0 aromatic rings. The highest BCUT2D eigenvalue weighted by Crippen LogP contribution is 2.16. The average Bonchev–Trinajstić information content (AvgIpc) is 2.58. The van der Waals surface area contributed by atoms with Gasteiger partial charge in [-0.1, -0.05) is 0 Å². The van der Waals surface area contributed by atoms with Crippen LogP contribution in [0.1, 0.15) is 45.4 Å². The first-order valence-corrected chi connectivity index (χ1v) is 8.92. The van der Waals surface area contributed by atoms with Gasteiger partial charge in [0.2, 0.25) is 0 Å². The number of rotatable bonds is 7. The number of carbonyl (C=O) groups is 2. The van der Waals surface area contributed by atoms with Gasteiger partial charge < -0.3 is 14.4 Å². The van der Waals surface area contributed by atoms with Crippen LogP contribution in [0.25, 0.3) is 0 Å². The predicted octanol–water partition coefficient (Wildman–Crippen LogP) is 1.43. The van der Waals surface area contributed by atoms with Gasteiger partial charge in [0.25, 0.3) is 5.91 Å². The van der Waals surface area contributed by atoms with Gasteiger partial charge in [0.1, 0.15) is 0 Å². The summed E-state index contributed by atoms with van der Waals surface area (Å²) in [5, 5.41) is 0. The summed E-state index contributed by atoms with van der Waals surface area (Å²) >= 11 is 0. The Hall–Kier alpha value is -1.14. The smallest absolute Gasteiger partial charge is 0.306 e. The van der Waals surface area contributed by atoms with Crippen molar-refractivity contribution < 1.29 is 19.1 Å². The molecule has 2 aliphatic heterocycles. The van der Waals surface area contributed by atoms with Crippen LogP contribution in [0.2, 0.25) is 0 Å². The summed E-state index contributed by atoms with van der Waals surface area (Å²) in [5.41, 5.74) is 0. The lowest BCUT2D eigenvalue weighted by Gasteiger charge is -2.33. The van der Waals surface area contributed by atoms with Crippen LogP contribution in [-0.2, 0) is 19.1 Å². The Labute approximate surface area is 139 Å². The molecule has 2 fully saturated rings. The molecule has 1 atom stereocenters. The number of likely N-dealkylation sites (tertiary alicyclic amines) is 1. The third-order valence-corrected chi connectivity index (χ3v) is 4.69. The average molecular weight is 326 g/mol. The molecule has 0 unspecified atom stereocenters. The number of hydrogen-bond acceptors (Lipinski definition) is 5. The highest BCUT2D eigenvalue weighted by Gasteiger charge is 2.23. The van der Waals surface area contributed by atoms with Gasteiger partial charge in [-0.05, 0) is 45.6 Å². The van der Waals surface area contributed by atoms with E-state index in [-0.39, 0.29) is 24.5 Å². The van der Waals surface area contributed by atoms with Crippen LogP contribution in [0.4, 0.5) is 0 Å².